The minimum Gasteiger partial charge on any atom is -0.368 e. The molecule has 8 nitrogen and oxygen atoms in total. The van der Waals surface area contributed by atoms with Gasteiger partial charge in [0.2, 0.25) is 0 Å². The number of halogens is 2. The number of imidazole rings is 1. The van der Waals surface area contributed by atoms with E-state index in [0.717, 1.165) is 5.69 Å². The monoisotopic (exact) mass is 401 g/mol. The number of carbonyl (C=O) groups is 1. The van der Waals surface area contributed by atoms with Crippen molar-refractivity contribution in [2.75, 3.05) is 31.1 Å². The first-order valence-corrected chi connectivity index (χ1v) is 8.99. The average Bonchev–Trinajstić information content (AvgIpc) is 3.17. The summed E-state index contributed by atoms with van der Waals surface area (Å²) in [7, 11) is 0. The molecular weight excluding hydrogens is 384 g/mol. The summed E-state index contributed by atoms with van der Waals surface area (Å²) in [5, 5.41) is 11.0. The van der Waals surface area contributed by atoms with Gasteiger partial charge in [0.15, 0.2) is 5.82 Å². The van der Waals surface area contributed by atoms with Gasteiger partial charge in [0.25, 0.3) is 18.0 Å². The fourth-order valence-corrected chi connectivity index (χ4v) is 3.42. The van der Waals surface area contributed by atoms with E-state index in [9.17, 15) is 23.7 Å². The molecule has 0 atom stereocenters. The van der Waals surface area contributed by atoms with Gasteiger partial charge in [0.1, 0.15) is 0 Å². The van der Waals surface area contributed by atoms with Crippen molar-refractivity contribution in [1.29, 1.82) is 0 Å². The predicted molar refractivity (Wildman–Crippen MR) is 102 cm³/mol. The molecule has 1 amide bonds. The number of nitrogens with one attached hydrogen (secondary N) is 1. The molecule has 1 N–H and O–H groups in total. The molecule has 0 spiro atoms. The minimum atomic E-state index is -2.71. The summed E-state index contributed by atoms with van der Waals surface area (Å²) in [4.78, 5) is 33.3. The number of nitro benzene ring substituents is 1. The van der Waals surface area contributed by atoms with Crippen molar-refractivity contribution in [1.82, 2.24) is 14.9 Å². The Labute approximate surface area is 163 Å². The first-order chi connectivity index (χ1) is 13.9. The van der Waals surface area contributed by atoms with Crippen molar-refractivity contribution < 1.29 is 18.5 Å². The summed E-state index contributed by atoms with van der Waals surface area (Å²) in [6, 6.07) is 11.1. The standard InChI is InChI=1S/C19H17F2N5O3/c20-17(21)18-22-15-5-4-12(10-16(15)23-18)19(27)25-8-6-24(7-9-25)13-2-1-3-14(11-13)26(28)29/h1-5,10-11,17H,6-9H2,(H,22,23). The largest absolute Gasteiger partial charge is 0.368 e. The van der Waals surface area contributed by atoms with Crippen LogP contribution in [0.3, 0.4) is 0 Å². The van der Waals surface area contributed by atoms with Crippen LogP contribution in [0.1, 0.15) is 22.6 Å². The molecule has 0 saturated carbocycles. The highest BCUT2D eigenvalue weighted by Gasteiger charge is 2.24. The van der Waals surface area contributed by atoms with Crippen LogP contribution in [0.25, 0.3) is 11.0 Å². The summed E-state index contributed by atoms with van der Waals surface area (Å²) in [6.45, 7) is 1.97. The smallest absolute Gasteiger partial charge is 0.295 e. The van der Waals surface area contributed by atoms with Crippen LogP contribution in [-0.2, 0) is 0 Å². The van der Waals surface area contributed by atoms with Crippen LogP contribution in [0.15, 0.2) is 42.5 Å². The summed E-state index contributed by atoms with van der Waals surface area (Å²) in [6.07, 6.45) is -2.71. The normalized spacial score (nSPS) is 14.6. The van der Waals surface area contributed by atoms with E-state index in [4.69, 9.17) is 0 Å². The third kappa shape index (κ3) is 3.73. The number of fused-ring (bicyclic) bond motifs is 1. The number of amides is 1. The second kappa shape index (κ2) is 7.46. The number of benzene rings is 2. The van der Waals surface area contributed by atoms with Crippen molar-refractivity contribution in [2.45, 2.75) is 6.43 Å². The van der Waals surface area contributed by atoms with E-state index in [1.54, 1.807) is 29.2 Å². The minimum absolute atomic E-state index is 0.0250. The van der Waals surface area contributed by atoms with Crippen molar-refractivity contribution in [3.8, 4) is 0 Å². The van der Waals surface area contributed by atoms with E-state index >= 15 is 0 Å². The number of nitro groups is 1. The van der Waals surface area contributed by atoms with Gasteiger partial charge in [-0.25, -0.2) is 13.8 Å². The number of rotatable bonds is 4. The maximum Gasteiger partial charge on any atom is 0.295 e. The van der Waals surface area contributed by atoms with Crippen LogP contribution < -0.4 is 4.90 Å². The van der Waals surface area contributed by atoms with Gasteiger partial charge in [0.05, 0.1) is 16.0 Å². The van der Waals surface area contributed by atoms with Crippen LogP contribution in [0.5, 0.6) is 0 Å². The molecule has 29 heavy (non-hydrogen) atoms. The summed E-state index contributed by atoms with van der Waals surface area (Å²) >= 11 is 0. The van der Waals surface area contributed by atoms with Crippen molar-refractivity contribution >= 4 is 28.3 Å². The molecule has 2 aromatic carbocycles. The van der Waals surface area contributed by atoms with Crippen molar-refractivity contribution in [3.63, 3.8) is 0 Å². The van der Waals surface area contributed by atoms with E-state index in [1.165, 1.54) is 18.2 Å². The molecule has 3 aromatic rings. The number of carbonyl (C=O) groups excluding carboxylic acids is 1. The van der Waals surface area contributed by atoms with E-state index in [0.29, 0.717) is 42.8 Å². The first kappa shape index (κ1) is 18.8. The molecule has 1 aliphatic heterocycles. The maximum atomic E-state index is 12.8. The molecule has 0 aliphatic carbocycles. The topological polar surface area (TPSA) is 95.4 Å². The van der Waals surface area contributed by atoms with E-state index in [1.807, 2.05) is 4.90 Å². The second-order valence-corrected chi connectivity index (χ2v) is 6.71. The van der Waals surface area contributed by atoms with Crippen LogP contribution >= 0.6 is 0 Å². The second-order valence-electron chi connectivity index (χ2n) is 6.71. The zero-order chi connectivity index (χ0) is 20.5. The molecule has 0 bridgehead atoms. The SMILES string of the molecule is O=C(c1ccc2nc(C(F)F)[nH]c2c1)N1CCN(c2cccc([N+](=O)[O-])c2)CC1. The zero-order valence-corrected chi connectivity index (χ0v) is 15.2. The van der Waals surface area contributed by atoms with Gasteiger partial charge >= 0.3 is 0 Å². The lowest BCUT2D eigenvalue weighted by Gasteiger charge is -2.36. The quantitative estimate of drug-likeness (QED) is 0.534. The Morgan fingerprint density at radius 2 is 1.90 bits per heavy atom. The highest BCUT2D eigenvalue weighted by Crippen LogP contribution is 2.24. The van der Waals surface area contributed by atoms with Crippen LogP contribution in [0.2, 0.25) is 0 Å². The highest BCUT2D eigenvalue weighted by molar-refractivity contribution is 5.97. The number of aromatic nitrogens is 2. The van der Waals surface area contributed by atoms with Crippen molar-refractivity contribution in [2.24, 2.45) is 0 Å². The van der Waals surface area contributed by atoms with Gasteiger partial charge in [-0.15, -0.1) is 0 Å². The average molecular weight is 401 g/mol. The number of hydrogen-bond donors (Lipinski definition) is 1. The van der Waals surface area contributed by atoms with Gasteiger partial charge in [-0.2, -0.15) is 0 Å². The number of H-pyrrole nitrogens is 1. The number of hydrogen-bond acceptors (Lipinski definition) is 5. The molecule has 1 aliphatic rings. The summed E-state index contributed by atoms with van der Waals surface area (Å²) in [5.74, 6) is -0.617. The highest BCUT2D eigenvalue weighted by atomic mass is 19.3. The molecular formula is C19H17F2N5O3. The fourth-order valence-electron chi connectivity index (χ4n) is 3.42. The molecule has 150 valence electrons. The van der Waals surface area contributed by atoms with Gasteiger partial charge in [0, 0.05) is 49.6 Å². The number of alkyl halides is 2. The lowest BCUT2D eigenvalue weighted by molar-refractivity contribution is -0.384. The Balaban J connectivity index is 1.45. The van der Waals surface area contributed by atoms with Crippen LogP contribution in [0, 0.1) is 10.1 Å². The van der Waals surface area contributed by atoms with E-state index in [2.05, 4.69) is 9.97 Å². The predicted octanol–water partition coefficient (Wildman–Crippen LogP) is 3.37. The Hall–Kier alpha value is -3.56. The van der Waals surface area contributed by atoms with Crippen LogP contribution in [-0.4, -0.2) is 51.9 Å². The first-order valence-electron chi connectivity index (χ1n) is 8.99. The van der Waals surface area contributed by atoms with Gasteiger partial charge < -0.3 is 14.8 Å². The third-order valence-electron chi connectivity index (χ3n) is 4.93. The molecule has 1 fully saturated rings. The number of non-ortho nitro benzene ring substituents is 1. The number of anilines is 1. The Morgan fingerprint density at radius 3 is 2.59 bits per heavy atom. The van der Waals surface area contributed by atoms with Gasteiger partial charge in [-0.05, 0) is 24.3 Å². The Bertz CT molecular complexity index is 1080. The maximum absolute atomic E-state index is 12.8. The lowest BCUT2D eigenvalue weighted by atomic mass is 10.1. The number of piperazine rings is 1. The third-order valence-corrected chi connectivity index (χ3v) is 4.93. The van der Waals surface area contributed by atoms with Gasteiger partial charge in [-0.3, -0.25) is 14.9 Å². The van der Waals surface area contributed by atoms with E-state index in [-0.39, 0.29) is 11.6 Å². The zero-order valence-electron chi connectivity index (χ0n) is 15.2. The fraction of sp³-hybridized carbons (Fsp3) is 0.263. The number of aromatic amines is 1. The Morgan fingerprint density at radius 1 is 1.14 bits per heavy atom. The molecule has 0 unspecified atom stereocenters. The summed E-state index contributed by atoms with van der Waals surface area (Å²) < 4.78 is 25.6. The molecule has 4 rings (SSSR count). The molecule has 2 heterocycles. The van der Waals surface area contributed by atoms with E-state index < -0.39 is 17.2 Å². The molecule has 0 radical (unpaired) electrons. The number of nitrogens with zero attached hydrogens (tertiary/aromatic N) is 4. The van der Waals surface area contributed by atoms with Crippen LogP contribution in [0.4, 0.5) is 20.2 Å². The molecule has 1 aromatic heterocycles. The Kier molecular flexibility index (Phi) is 4.83. The molecule has 10 heteroatoms. The van der Waals surface area contributed by atoms with Gasteiger partial charge in [-0.1, -0.05) is 6.07 Å². The van der Waals surface area contributed by atoms with Crippen molar-refractivity contribution in [3.05, 3.63) is 64.0 Å². The summed E-state index contributed by atoms with van der Waals surface area (Å²) in [5.41, 5.74) is 1.93. The molecule has 1 saturated heterocycles. The lowest BCUT2D eigenvalue weighted by Crippen LogP contribution is -2.48.